The molecule has 1 rings (SSSR count). The highest BCUT2D eigenvalue weighted by Crippen LogP contribution is 2.10. The number of hydrogen-bond acceptors (Lipinski definition) is 5. The minimum atomic E-state index is -3.62. The van der Waals surface area contributed by atoms with Gasteiger partial charge in [-0.1, -0.05) is 12.1 Å². The summed E-state index contributed by atoms with van der Waals surface area (Å²) >= 11 is 0. The molecule has 0 saturated heterocycles. The van der Waals surface area contributed by atoms with Gasteiger partial charge in [-0.05, 0) is 24.1 Å². The minimum Gasteiger partial charge on any atom is -0.215 e. The number of benzene rings is 1. The van der Waals surface area contributed by atoms with Crippen molar-refractivity contribution in [2.75, 3.05) is 19.3 Å². The molecule has 0 aliphatic carbocycles. The summed E-state index contributed by atoms with van der Waals surface area (Å²) in [7, 11) is -6.87. The van der Waals surface area contributed by atoms with Gasteiger partial charge in [-0.3, -0.25) is 0 Å². The van der Waals surface area contributed by atoms with Crippen LogP contribution in [0.2, 0.25) is 0 Å². The molecule has 0 fully saturated rings. The van der Waals surface area contributed by atoms with E-state index < -0.39 is 20.0 Å². The van der Waals surface area contributed by atoms with Gasteiger partial charge in [0.2, 0.25) is 20.0 Å². The highest BCUT2D eigenvalue weighted by atomic mass is 32.2. The highest BCUT2D eigenvalue weighted by Gasteiger charge is 2.12. The maximum atomic E-state index is 11.9. The van der Waals surface area contributed by atoms with Crippen LogP contribution in [0.3, 0.4) is 0 Å². The first kappa shape index (κ1) is 17.6. The quantitative estimate of drug-likeness (QED) is 0.649. The predicted octanol–water partition coefficient (Wildman–Crippen LogP) is -0.0297. The summed E-state index contributed by atoms with van der Waals surface area (Å²) in [5, 5.41) is 8.54. The van der Waals surface area contributed by atoms with Crippen molar-refractivity contribution in [1.82, 2.24) is 9.44 Å². The Labute approximate surface area is 125 Å². The molecule has 0 spiro atoms. The smallest absolute Gasteiger partial charge is 0.215 e. The van der Waals surface area contributed by atoms with Crippen molar-refractivity contribution in [3.05, 3.63) is 29.8 Å². The molecule has 7 nitrogen and oxygen atoms in total. The van der Waals surface area contributed by atoms with Crippen LogP contribution < -0.4 is 9.44 Å². The number of nitrogens with zero attached hydrogens (tertiary/aromatic N) is 1. The molecule has 2 N–H and O–H groups in total. The largest absolute Gasteiger partial charge is 0.240 e. The highest BCUT2D eigenvalue weighted by molar-refractivity contribution is 7.89. The normalized spacial score (nSPS) is 12.0. The van der Waals surface area contributed by atoms with E-state index in [0.717, 1.165) is 11.8 Å². The fourth-order valence-electron chi connectivity index (χ4n) is 1.51. The number of nitriles is 1. The molecule has 0 heterocycles. The van der Waals surface area contributed by atoms with Gasteiger partial charge in [-0.2, -0.15) is 5.26 Å². The number of rotatable bonds is 8. The van der Waals surface area contributed by atoms with Crippen LogP contribution >= 0.6 is 0 Å². The van der Waals surface area contributed by atoms with Gasteiger partial charge < -0.3 is 0 Å². The van der Waals surface area contributed by atoms with Crippen LogP contribution in [0.4, 0.5) is 0 Å². The van der Waals surface area contributed by atoms with Crippen molar-refractivity contribution in [1.29, 1.82) is 5.26 Å². The first-order chi connectivity index (χ1) is 9.74. The Morgan fingerprint density at radius 1 is 1.05 bits per heavy atom. The van der Waals surface area contributed by atoms with Crippen LogP contribution in [0, 0.1) is 11.3 Å². The van der Waals surface area contributed by atoms with E-state index in [1.807, 2.05) is 6.07 Å². The van der Waals surface area contributed by atoms with E-state index in [1.165, 1.54) is 12.1 Å². The summed E-state index contributed by atoms with van der Waals surface area (Å²) in [6.07, 6.45) is 1.61. The zero-order valence-electron chi connectivity index (χ0n) is 11.5. The van der Waals surface area contributed by atoms with Crippen molar-refractivity contribution >= 4 is 20.0 Å². The molecule has 21 heavy (non-hydrogen) atoms. The summed E-state index contributed by atoms with van der Waals surface area (Å²) in [5.41, 5.74) is 0.744. The fraction of sp³-hybridized carbons (Fsp3) is 0.417. The number of nitrogens with one attached hydrogen (secondary N) is 2. The van der Waals surface area contributed by atoms with Gasteiger partial charge in [0, 0.05) is 13.1 Å². The standard InChI is InChI=1S/C12H17N3O4S2/c1-20(16,17)14-9-2-10-15-21(18,19)12-5-3-11(4-6-12)7-8-13/h3-6,14-15H,2,7,9-10H2,1H3. The van der Waals surface area contributed by atoms with Crippen molar-refractivity contribution in [3.8, 4) is 6.07 Å². The summed E-state index contributed by atoms with van der Waals surface area (Å²) < 4.78 is 50.2. The van der Waals surface area contributed by atoms with Crippen molar-refractivity contribution in [2.45, 2.75) is 17.7 Å². The van der Waals surface area contributed by atoms with E-state index in [9.17, 15) is 16.8 Å². The lowest BCUT2D eigenvalue weighted by molar-refractivity contribution is 0.575. The fourth-order valence-corrected chi connectivity index (χ4v) is 3.10. The lowest BCUT2D eigenvalue weighted by Crippen LogP contribution is -2.29. The minimum absolute atomic E-state index is 0.111. The lowest BCUT2D eigenvalue weighted by atomic mass is 10.2. The number of hydrogen-bond donors (Lipinski definition) is 2. The van der Waals surface area contributed by atoms with E-state index in [1.54, 1.807) is 12.1 Å². The molecular weight excluding hydrogens is 314 g/mol. The molecule has 1 aromatic carbocycles. The average Bonchev–Trinajstić information content (AvgIpc) is 2.38. The molecule has 0 atom stereocenters. The van der Waals surface area contributed by atoms with E-state index in [-0.39, 0.29) is 24.4 Å². The van der Waals surface area contributed by atoms with Crippen LogP contribution in [-0.2, 0) is 26.5 Å². The van der Waals surface area contributed by atoms with Crippen LogP contribution in [-0.4, -0.2) is 36.2 Å². The topological polar surface area (TPSA) is 116 Å². The SMILES string of the molecule is CS(=O)(=O)NCCCNS(=O)(=O)c1ccc(CC#N)cc1. The molecule has 0 saturated carbocycles. The molecule has 0 aliphatic rings. The Balaban J connectivity index is 2.52. The van der Waals surface area contributed by atoms with E-state index in [2.05, 4.69) is 9.44 Å². The molecule has 1 aromatic rings. The zero-order valence-corrected chi connectivity index (χ0v) is 13.2. The molecule has 0 radical (unpaired) electrons. The second-order valence-corrected chi connectivity index (χ2v) is 8.00. The summed E-state index contributed by atoms with van der Waals surface area (Å²) in [4.78, 5) is 0.111. The third kappa shape index (κ3) is 6.68. The van der Waals surface area contributed by atoms with Crippen molar-refractivity contribution in [3.63, 3.8) is 0 Å². The maximum absolute atomic E-state index is 11.9. The van der Waals surface area contributed by atoms with Crippen molar-refractivity contribution in [2.24, 2.45) is 0 Å². The molecule has 0 amide bonds. The molecule has 0 aliphatic heterocycles. The van der Waals surface area contributed by atoms with Gasteiger partial charge >= 0.3 is 0 Å². The summed E-state index contributed by atoms with van der Waals surface area (Å²) in [6.45, 7) is 0.299. The monoisotopic (exact) mass is 331 g/mol. The first-order valence-corrected chi connectivity index (χ1v) is 9.52. The molecule has 0 aromatic heterocycles. The van der Waals surface area contributed by atoms with Crippen molar-refractivity contribution < 1.29 is 16.8 Å². The van der Waals surface area contributed by atoms with Gasteiger partial charge in [-0.25, -0.2) is 26.3 Å². The molecule has 0 unspecified atom stereocenters. The lowest BCUT2D eigenvalue weighted by Gasteiger charge is -2.07. The van der Waals surface area contributed by atoms with Crippen LogP contribution in [0.5, 0.6) is 0 Å². The third-order valence-electron chi connectivity index (χ3n) is 2.53. The Morgan fingerprint density at radius 3 is 2.14 bits per heavy atom. The Morgan fingerprint density at radius 2 is 1.62 bits per heavy atom. The van der Waals surface area contributed by atoms with Gasteiger partial charge in [0.15, 0.2) is 0 Å². The molecule has 9 heteroatoms. The van der Waals surface area contributed by atoms with Gasteiger partial charge in [0.1, 0.15) is 0 Å². The molecule has 0 bridgehead atoms. The van der Waals surface area contributed by atoms with Crippen LogP contribution in [0.1, 0.15) is 12.0 Å². The van der Waals surface area contributed by atoms with E-state index in [0.29, 0.717) is 6.42 Å². The van der Waals surface area contributed by atoms with E-state index >= 15 is 0 Å². The Bertz CT molecular complexity index is 704. The van der Waals surface area contributed by atoms with Gasteiger partial charge in [0.25, 0.3) is 0 Å². The number of sulfonamides is 2. The van der Waals surface area contributed by atoms with Crippen LogP contribution in [0.25, 0.3) is 0 Å². The predicted molar refractivity (Wildman–Crippen MR) is 78.4 cm³/mol. The van der Waals surface area contributed by atoms with E-state index in [4.69, 9.17) is 5.26 Å². The van der Waals surface area contributed by atoms with Crippen LogP contribution in [0.15, 0.2) is 29.2 Å². The summed E-state index contributed by atoms with van der Waals surface area (Å²) in [5.74, 6) is 0. The zero-order chi connectivity index (χ0) is 15.9. The van der Waals surface area contributed by atoms with Gasteiger partial charge in [-0.15, -0.1) is 0 Å². The maximum Gasteiger partial charge on any atom is 0.240 e. The first-order valence-electron chi connectivity index (χ1n) is 6.15. The third-order valence-corrected chi connectivity index (χ3v) is 4.73. The second kappa shape index (κ2) is 7.51. The Kier molecular flexibility index (Phi) is 6.29. The van der Waals surface area contributed by atoms with Gasteiger partial charge in [0.05, 0.1) is 23.6 Å². The molecular formula is C12H17N3O4S2. The Hall–Kier alpha value is -1.47. The molecule has 116 valence electrons. The average molecular weight is 331 g/mol. The summed E-state index contributed by atoms with van der Waals surface area (Å²) in [6, 6.07) is 8.02. The second-order valence-electron chi connectivity index (χ2n) is 4.40.